The summed E-state index contributed by atoms with van der Waals surface area (Å²) in [7, 11) is -4.03. The van der Waals surface area contributed by atoms with Gasteiger partial charge < -0.3 is 5.32 Å². The van der Waals surface area contributed by atoms with Crippen LogP contribution in [-0.4, -0.2) is 14.3 Å². The van der Waals surface area contributed by atoms with E-state index in [9.17, 15) is 13.2 Å². The first kappa shape index (κ1) is 18.9. The van der Waals surface area contributed by atoms with Crippen molar-refractivity contribution >= 4 is 37.4 Å². The van der Waals surface area contributed by atoms with Gasteiger partial charge in [0.15, 0.2) is 14.6 Å². The van der Waals surface area contributed by atoms with Gasteiger partial charge in [-0.1, -0.05) is 64.0 Å². The van der Waals surface area contributed by atoms with Crippen LogP contribution in [0, 0.1) is 6.92 Å². The Morgan fingerprint density at radius 1 is 0.964 bits per heavy atom. The molecule has 0 fully saturated rings. The lowest BCUT2D eigenvalue weighted by atomic mass is 9.92. The molecule has 1 heterocycles. The highest BCUT2D eigenvalue weighted by molar-refractivity contribution is 9.10. The van der Waals surface area contributed by atoms with Crippen LogP contribution in [0.5, 0.6) is 0 Å². The molecule has 0 bridgehead atoms. The molecule has 0 aliphatic carbocycles. The minimum Gasteiger partial charge on any atom is -0.324 e. The van der Waals surface area contributed by atoms with Crippen molar-refractivity contribution in [3.63, 3.8) is 0 Å². The average Bonchev–Trinajstić information content (AvgIpc) is 2.95. The standard InChI is InChI=1S/C22H18BrNO3S/c1-15-7-10-18(11-8-15)28(26,27)22(14-16-5-3-2-4-6-16)19-13-17(23)9-12-20(19)24-21(22)25/h2-13H,14H2,1H3,(H,24,25). The Morgan fingerprint density at radius 2 is 1.64 bits per heavy atom. The van der Waals surface area contributed by atoms with Crippen LogP contribution in [0.3, 0.4) is 0 Å². The second-order valence-electron chi connectivity index (χ2n) is 6.95. The zero-order valence-corrected chi connectivity index (χ0v) is 17.5. The highest BCUT2D eigenvalue weighted by Gasteiger charge is 2.57. The second kappa shape index (κ2) is 6.87. The molecule has 1 unspecified atom stereocenters. The number of carbonyl (C=O) groups excluding carboxylic acids is 1. The zero-order valence-electron chi connectivity index (χ0n) is 15.1. The highest BCUT2D eigenvalue weighted by Crippen LogP contribution is 2.47. The van der Waals surface area contributed by atoms with Gasteiger partial charge in [-0.2, -0.15) is 0 Å². The Hall–Kier alpha value is -2.44. The number of fused-ring (bicyclic) bond motifs is 1. The van der Waals surface area contributed by atoms with Crippen LogP contribution < -0.4 is 5.32 Å². The fourth-order valence-corrected chi connectivity index (χ4v) is 6.01. The van der Waals surface area contributed by atoms with E-state index >= 15 is 0 Å². The molecule has 0 saturated heterocycles. The van der Waals surface area contributed by atoms with E-state index in [-0.39, 0.29) is 11.3 Å². The first-order valence-electron chi connectivity index (χ1n) is 8.81. The quantitative estimate of drug-likeness (QED) is 0.623. The molecule has 4 rings (SSSR count). The minimum absolute atomic E-state index is 0.0549. The van der Waals surface area contributed by atoms with Gasteiger partial charge in [-0.3, -0.25) is 4.79 Å². The summed E-state index contributed by atoms with van der Waals surface area (Å²) in [6.07, 6.45) is 0.0549. The van der Waals surface area contributed by atoms with E-state index in [1.54, 1.807) is 42.5 Å². The number of halogens is 1. The number of aryl methyl sites for hydroxylation is 1. The molecule has 0 spiro atoms. The van der Waals surface area contributed by atoms with Crippen molar-refractivity contribution in [3.05, 3.63) is 94.0 Å². The molecule has 28 heavy (non-hydrogen) atoms. The largest absolute Gasteiger partial charge is 0.324 e. The minimum atomic E-state index is -4.03. The number of anilines is 1. The molecule has 0 radical (unpaired) electrons. The molecule has 1 atom stereocenters. The summed E-state index contributed by atoms with van der Waals surface area (Å²) >= 11 is 3.42. The Kier molecular flexibility index (Phi) is 4.63. The van der Waals surface area contributed by atoms with E-state index in [2.05, 4.69) is 21.2 Å². The van der Waals surface area contributed by atoms with E-state index < -0.39 is 20.5 Å². The molecule has 0 saturated carbocycles. The third-order valence-electron chi connectivity index (χ3n) is 5.12. The van der Waals surface area contributed by atoms with E-state index in [0.29, 0.717) is 11.3 Å². The average molecular weight is 456 g/mol. The molecule has 1 aliphatic rings. The molecular formula is C22H18BrNO3S. The number of hydrogen-bond donors (Lipinski definition) is 1. The molecule has 1 amide bonds. The summed E-state index contributed by atoms with van der Waals surface area (Å²) < 4.78 is 26.7. The Labute approximate surface area is 172 Å². The summed E-state index contributed by atoms with van der Waals surface area (Å²) in [5.74, 6) is -0.523. The van der Waals surface area contributed by atoms with E-state index in [0.717, 1.165) is 15.6 Å². The van der Waals surface area contributed by atoms with Gasteiger partial charge in [0.2, 0.25) is 0 Å². The normalized spacial score (nSPS) is 18.6. The van der Waals surface area contributed by atoms with Gasteiger partial charge in [0.25, 0.3) is 5.91 Å². The van der Waals surface area contributed by atoms with Crippen LogP contribution in [0.25, 0.3) is 0 Å². The summed E-state index contributed by atoms with van der Waals surface area (Å²) in [5, 5.41) is 2.78. The number of carbonyl (C=O) groups is 1. The molecule has 142 valence electrons. The van der Waals surface area contributed by atoms with Crippen molar-refractivity contribution in [1.29, 1.82) is 0 Å². The van der Waals surface area contributed by atoms with Gasteiger partial charge in [-0.05, 0) is 42.8 Å². The summed E-state index contributed by atoms with van der Waals surface area (Å²) in [5.41, 5.74) is 2.73. The smallest absolute Gasteiger partial charge is 0.251 e. The van der Waals surface area contributed by atoms with Crippen LogP contribution in [0.4, 0.5) is 5.69 Å². The molecular weight excluding hydrogens is 438 g/mol. The molecule has 3 aromatic rings. The van der Waals surface area contributed by atoms with Gasteiger partial charge >= 0.3 is 0 Å². The van der Waals surface area contributed by atoms with E-state index in [1.807, 2.05) is 37.3 Å². The van der Waals surface area contributed by atoms with Crippen LogP contribution in [0.2, 0.25) is 0 Å². The topological polar surface area (TPSA) is 63.2 Å². The van der Waals surface area contributed by atoms with Crippen LogP contribution in [0.1, 0.15) is 16.7 Å². The third-order valence-corrected chi connectivity index (χ3v) is 7.97. The van der Waals surface area contributed by atoms with Gasteiger partial charge in [-0.25, -0.2) is 8.42 Å². The zero-order chi connectivity index (χ0) is 19.9. The van der Waals surface area contributed by atoms with Gasteiger partial charge in [0, 0.05) is 22.1 Å². The maximum atomic E-state index is 13.9. The van der Waals surface area contributed by atoms with Crippen molar-refractivity contribution in [2.45, 2.75) is 23.0 Å². The molecule has 1 aliphatic heterocycles. The number of rotatable bonds is 4. The number of hydrogen-bond acceptors (Lipinski definition) is 3. The van der Waals surface area contributed by atoms with Crippen LogP contribution >= 0.6 is 15.9 Å². The monoisotopic (exact) mass is 455 g/mol. The van der Waals surface area contributed by atoms with Gasteiger partial charge in [-0.15, -0.1) is 0 Å². The Morgan fingerprint density at radius 3 is 2.32 bits per heavy atom. The van der Waals surface area contributed by atoms with Crippen molar-refractivity contribution in [3.8, 4) is 0 Å². The Balaban J connectivity index is 2.00. The van der Waals surface area contributed by atoms with E-state index in [4.69, 9.17) is 0 Å². The lowest BCUT2D eigenvalue weighted by Crippen LogP contribution is -2.44. The lowest BCUT2D eigenvalue weighted by molar-refractivity contribution is -0.118. The Bertz CT molecular complexity index is 1160. The summed E-state index contributed by atoms with van der Waals surface area (Å²) in [6, 6.07) is 21.1. The predicted molar refractivity (Wildman–Crippen MR) is 113 cm³/mol. The molecule has 1 N–H and O–H groups in total. The number of benzene rings is 3. The van der Waals surface area contributed by atoms with Crippen molar-refractivity contribution in [2.24, 2.45) is 0 Å². The fourth-order valence-electron chi connectivity index (χ4n) is 3.64. The fraction of sp³-hybridized carbons (Fsp3) is 0.136. The number of nitrogens with one attached hydrogen (secondary N) is 1. The van der Waals surface area contributed by atoms with Crippen LogP contribution in [-0.2, 0) is 25.8 Å². The molecule has 6 heteroatoms. The molecule has 0 aromatic heterocycles. The first-order valence-corrected chi connectivity index (χ1v) is 11.1. The maximum Gasteiger partial charge on any atom is 0.251 e. The summed E-state index contributed by atoms with van der Waals surface area (Å²) in [4.78, 5) is 13.4. The summed E-state index contributed by atoms with van der Waals surface area (Å²) in [6.45, 7) is 1.89. The number of sulfone groups is 1. The molecule has 3 aromatic carbocycles. The van der Waals surface area contributed by atoms with Crippen molar-refractivity contribution in [1.82, 2.24) is 0 Å². The highest BCUT2D eigenvalue weighted by atomic mass is 79.9. The van der Waals surface area contributed by atoms with Gasteiger partial charge in [0.1, 0.15) is 0 Å². The lowest BCUT2D eigenvalue weighted by Gasteiger charge is -2.28. The van der Waals surface area contributed by atoms with Crippen LogP contribution in [0.15, 0.2) is 82.2 Å². The SMILES string of the molecule is Cc1ccc(S(=O)(=O)C2(Cc3ccccc3)C(=O)Nc3ccc(Br)cc32)cc1. The van der Waals surface area contributed by atoms with E-state index in [1.165, 1.54) is 0 Å². The second-order valence-corrected chi connectivity index (χ2v) is 10.0. The van der Waals surface area contributed by atoms with Crippen molar-refractivity contribution in [2.75, 3.05) is 5.32 Å². The maximum absolute atomic E-state index is 13.9. The van der Waals surface area contributed by atoms with Crippen molar-refractivity contribution < 1.29 is 13.2 Å². The number of amides is 1. The first-order chi connectivity index (χ1) is 13.3. The third kappa shape index (κ3) is 2.88. The van der Waals surface area contributed by atoms with Gasteiger partial charge in [0.05, 0.1) is 4.90 Å². The predicted octanol–water partition coefficient (Wildman–Crippen LogP) is 4.62. The molecule has 4 nitrogen and oxygen atoms in total.